The number of hydrogen-bond acceptors (Lipinski definition) is 5. The van der Waals surface area contributed by atoms with Crippen molar-refractivity contribution in [3.8, 4) is 0 Å². The standard InChI is InChI=1S/C7H15NO4/c1-3-5(9)6(10)4(2-8)12-7(3)11/h3-7,9-11H,2,8H2,1H3. The van der Waals surface area contributed by atoms with Crippen molar-refractivity contribution >= 4 is 0 Å². The number of aliphatic hydroxyl groups is 3. The highest BCUT2D eigenvalue weighted by atomic mass is 16.6. The van der Waals surface area contributed by atoms with Crippen LogP contribution in [0.1, 0.15) is 6.92 Å². The zero-order valence-electron chi connectivity index (χ0n) is 6.92. The van der Waals surface area contributed by atoms with Gasteiger partial charge >= 0.3 is 0 Å². The highest BCUT2D eigenvalue weighted by Gasteiger charge is 2.40. The van der Waals surface area contributed by atoms with Crippen molar-refractivity contribution in [3.63, 3.8) is 0 Å². The van der Waals surface area contributed by atoms with Gasteiger partial charge in [-0.05, 0) is 0 Å². The van der Waals surface area contributed by atoms with Crippen LogP contribution in [0.5, 0.6) is 0 Å². The molecule has 0 aromatic heterocycles. The minimum atomic E-state index is -1.04. The summed E-state index contributed by atoms with van der Waals surface area (Å²) >= 11 is 0. The highest BCUT2D eigenvalue weighted by molar-refractivity contribution is 4.86. The van der Waals surface area contributed by atoms with E-state index in [9.17, 15) is 15.3 Å². The monoisotopic (exact) mass is 177 g/mol. The van der Waals surface area contributed by atoms with Gasteiger partial charge in [-0.3, -0.25) is 0 Å². The first kappa shape index (κ1) is 9.88. The lowest BCUT2D eigenvalue weighted by molar-refractivity contribution is -0.257. The summed E-state index contributed by atoms with van der Waals surface area (Å²) in [7, 11) is 0. The minimum absolute atomic E-state index is 0.0853. The Morgan fingerprint density at radius 1 is 1.25 bits per heavy atom. The molecular formula is C7H15NO4. The third-order valence-corrected chi connectivity index (χ3v) is 2.27. The third kappa shape index (κ3) is 1.60. The van der Waals surface area contributed by atoms with Crippen LogP contribution in [0.2, 0.25) is 0 Å². The van der Waals surface area contributed by atoms with Gasteiger partial charge in [-0.25, -0.2) is 0 Å². The van der Waals surface area contributed by atoms with Crippen LogP contribution in [-0.2, 0) is 4.74 Å². The molecule has 1 fully saturated rings. The fourth-order valence-electron chi connectivity index (χ4n) is 1.28. The minimum Gasteiger partial charge on any atom is -0.390 e. The van der Waals surface area contributed by atoms with E-state index < -0.39 is 30.5 Å². The molecule has 5 unspecified atom stereocenters. The summed E-state index contributed by atoms with van der Waals surface area (Å²) < 4.78 is 4.95. The van der Waals surface area contributed by atoms with E-state index in [1.165, 1.54) is 0 Å². The molecule has 1 aliphatic heterocycles. The molecule has 5 N–H and O–H groups in total. The van der Waals surface area contributed by atoms with Crippen LogP contribution < -0.4 is 5.73 Å². The van der Waals surface area contributed by atoms with Crippen LogP contribution in [0, 0.1) is 5.92 Å². The third-order valence-electron chi connectivity index (χ3n) is 2.27. The van der Waals surface area contributed by atoms with E-state index >= 15 is 0 Å². The van der Waals surface area contributed by atoms with Gasteiger partial charge in [0.1, 0.15) is 12.2 Å². The topological polar surface area (TPSA) is 95.9 Å². The van der Waals surface area contributed by atoms with Gasteiger partial charge in [0, 0.05) is 12.5 Å². The first-order valence-electron chi connectivity index (χ1n) is 3.97. The van der Waals surface area contributed by atoms with E-state index in [1.54, 1.807) is 6.92 Å². The molecule has 0 spiro atoms. The molecule has 72 valence electrons. The van der Waals surface area contributed by atoms with Crippen molar-refractivity contribution in [1.82, 2.24) is 0 Å². The molecule has 12 heavy (non-hydrogen) atoms. The summed E-state index contributed by atoms with van der Waals surface area (Å²) in [5, 5.41) is 28.0. The number of aliphatic hydroxyl groups excluding tert-OH is 3. The molecular weight excluding hydrogens is 162 g/mol. The molecule has 0 saturated carbocycles. The van der Waals surface area contributed by atoms with Crippen LogP contribution in [0.3, 0.4) is 0 Å². The van der Waals surface area contributed by atoms with Crippen molar-refractivity contribution in [2.75, 3.05) is 6.54 Å². The average Bonchev–Trinajstić information content (AvgIpc) is 2.08. The van der Waals surface area contributed by atoms with Crippen LogP contribution in [0.15, 0.2) is 0 Å². The van der Waals surface area contributed by atoms with Gasteiger partial charge in [-0.2, -0.15) is 0 Å². The molecule has 1 rings (SSSR count). The fourth-order valence-corrected chi connectivity index (χ4v) is 1.28. The first-order chi connectivity index (χ1) is 5.57. The van der Waals surface area contributed by atoms with Crippen LogP contribution in [-0.4, -0.2) is 46.5 Å². The van der Waals surface area contributed by atoms with Crippen molar-refractivity contribution in [3.05, 3.63) is 0 Å². The van der Waals surface area contributed by atoms with E-state index in [0.29, 0.717) is 0 Å². The lowest BCUT2D eigenvalue weighted by Crippen LogP contribution is -2.55. The first-order valence-corrected chi connectivity index (χ1v) is 3.97. The van der Waals surface area contributed by atoms with Gasteiger partial charge in [0.15, 0.2) is 6.29 Å². The Bertz CT molecular complexity index is 150. The second kappa shape index (κ2) is 3.68. The van der Waals surface area contributed by atoms with E-state index in [-0.39, 0.29) is 6.54 Å². The maximum absolute atomic E-state index is 9.37. The fraction of sp³-hybridized carbons (Fsp3) is 1.00. The van der Waals surface area contributed by atoms with Crippen molar-refractivity contribution in [2.45, 2.75) is 31.5 Å². The second-order valence-corrected chi connectivity index (χ2v) is 3.14. The lowest BCUT2D eigenvalue weighted by Gasteiger charge is -2.38. The van der Waals surface area contributed by atoms with Gasteiger partial charge in [-0.15, -0.1) is 0 Å². The normalized spacial score (nSPS) is 49.2. The maximum Gasteiger partial charge on any atom is 0.160 e. The quantitative estimate of drug-likeness (QED) is 0.372. The summed E-state index contributed by atoms with van der Waals surface area (Å²) in [5.41, 5.74) is 5.26. The molecule has 0 amide bonds. The molecule has 5 nitrogen and oxygen atoms in total. The largest absolute Gasteiger partial charge is 0.390 e. The summed E-state index contributed by atoms with van der Waals surface area (Å²) in [6, 6.07) is 0. The van der Waals surface area contributed by atoms with Crippen LogP contribution in [0.4, 0.5) is 0 Å². The number of nitrogens with two attached hydrogens (primary N) is 1. The molecule has 0 bridgehead atoms. The summed E-state index contributed by atoms with van der Waals surface area (Å²) in [5.74, 6) is -0.484. The summed E-state index contributed by atoms with van der Waals surface area (Å²) in [6.45, 7) is 1.69. The molecule has 0 radical (unpaired) electrons. The zero-order chi connectivity index (χ0) is 9.30. The number of rotatable bonds is 1. The van der Waals surface area contributed by atoms with Gasteiger partial charge in [-0.1, -0.05) is 6.92 Å². The molecule has 0 aromatic rings. The predicted molar refractivity (Wildman–Crippen MR) is 41.1 cm³/mol. The van der Waals surface area contributed by atoms with E-state index in [4.69, 9.17) is 10.5 Å². The molecule has 0 aliphatic carbocycles. The predicted octanol–water partition coefficient (Wildman–Crippen LogP) is -1.98. The number of ether oxygens (including phenoxy) is 1. The zero-order valence-corrected chi connectivity index (χ0v) is 6.92. The van der Waals surface area contributed by atoms with E-state index in [1.807, 2.05) is 0 Å². The Kier molecular flexibility index (Phi) is 3.03. The second-order valence-electron chi connectivity index (χ2n) is 3.14. The van der Waals surface area contributed by atoms with E-state index in [0.717, 1.165) is 0 Å². The van der Waals surface area contributed by atoms with Gasteiger partial charge in [0.05, 0.1) is 6.10 Å². The molecule has 5 heteroatoms. The molecule has 0 aromatic carbocycles. The van der Waals surface area contributed by atoms with Gasteiger partial charge in [0.2, 0.25) is 0 Å². The number of hydrogen-bond donors (Lipinski definition) is 4. The average molecular weight is 177 g/mol. The molecule has 1 saturated heterocycles. The Morgan fingerprint density at radius 3 is 2.33 bits per heavy atom. The van der Waals surface area contributed by atoms with E-state index in [2.05, 4.69) is 0 Å². The Labute approximate surface area is 70.8 Å². The maximum atomic E-state index is 9.37. The van der Waals surface area contributed by atoms with Crippen LogP contribution in [0.25, 0.3) is 0 Å². The molecule has 5 atom stereocenters. The lowest BCUT2D eigenvalue weighted by atomic mass is 9.92. The van der Waals surface area contributed by atoms with Crippen LogP contribution >= 0.6 is 0 Å². The Hall–Kier alpha value is -0.200. The molecule has 1 heterocycles. The van der Waals surface area contributed by atoms with Gasteiger partial charge in [0.25, 0.3) is 0 Å². The summed E-state index contributed by atoms with van der Waals surface area (Å²) in [6.07, 6.45) is -3.70. The smallest absolute Gasteiger partial charge is 0.160 e. The van der Waals surface area contributed by atoms with Gasteiger partial charge < -0.3 is 25.8 Å². The molecule has 1 aliphatic rings. The van der Waals surface area contributed by atoms with Crippen molar-refractivity contribution in [2.24, 2.45) is 11.7 Å². The summed E-state index contributed by atoms with van der Waals surface area (Å²) in [4.78, 5) is 0. The SMILES string of the molecule is CC1C(O)OC(CN)C(O)C1O. The Morgan fingerprint density at radius 2 is 1.83 bits per heavy atom. The van der Waals surface area contributed by atoms with Crippen molar-refractivity contribution in [1.29, 1.82) is 0 Å². The Balaban J connectivity index is 2.63. The highest BCUT2D eigenvalue weighted by Crippen LogP contribution is 2.23. The van der Waals surface area contributed by atoms with Crippen molar-refractivity contribution < 1.29 is 20.1 Å².